The molecule has 3 N–H and O–H groups in total. The highest BCUT2D eigenvalue weighted by molar-refractivity contribution is 6.30. The Kier molecular flexibility index (Phi) is 4.95. The molecule has 1 fully saturated rings. The number of halogens is 5. The Morgan fingerprint density at radius 1 is 1.35 bits per heavy atom. The number of alkyl halides is 3. The van der Waals surface area contributed by atoms with Crippen LogP contribution in [0.5, 0.6) is 0 Å². The van der Waals surface area contributed by atoms with Gasteiger partial charge in [0.1, 0.15) is 11.4 Å². The molecule has 0 saturated carbocycles. The molecule has 1 aromatic carbocycles. The summed E-state index contributed by atoms with van der Waals surface area (Å²) >= 11 is 5.52. The summed E-state index contributed by atoms with van der Waals surface area (Å²) in [5, 5.41) is 20.0. The maximum Gasteiger partial charge on any atom is 0.490 e. The second kappa shape index (κ2) is 5.94. The van der Waals surface area contributed by atoms with Crippen LogP contribution in [0.4, 0.5) is 17.6 Å². The molecule has 2 rings (SSSR count). The van der Waals surface area contributed by atoms with Crippen LogP contribution >= 0.6 is 11.6 Å². The van der Waals surface area contributed by atoms with Gasteiger partial charge < -0.3 is 15.5 Å². The third-order valence-electron chi connectivity index (χ3n) is 2.53. The van der Waals surface area contributed by atoms with Crippen LogP contribution in [0.15, 0.2) is 18.2 Å². The summed E-state index contributed by atoms with van der Waals surface area (Å²) in [6, 6.07) is 4.39. The number of carboxylic acid groups (broad SMARTS) is 1. The van der Waals surface area contributed by atoms with Gasteiger partial charge in [0.05, 0.1) is 5.02 Å². The number of carboxylic acids is 1. The molecule has 112 valence electrons. The zero-order valence-electron chi connectivity index (χ0n) is 9.84. The molecule has 0 atom stereocenters. The number of nitrogens with one attached hydrogen (secondary N) is 1. The van der Waals surface area contributed by atoms with Crippen LogP contribution in [0.2, 0.25) is 5.02 Å². The fraction of sp³-hybridized carbons (Fsp3) is 0.364. The topological polar surface area (TPSA) is 69.6 Å². The van der Waals surface area contributed by atoms with Crippen molar-refractivity contribution in [2.45, 2.75) is 11.8 Å². The Balaban J connectivity index is 0.000000246. The Labute approximate surface area is 116 Å². The summed E-state index contributed by atoms with van der Waals surface area (Å²) in [4.78, 5) is 8.90. The van der Waals surface area contributed by atoms with E-state index in [0.29, 0.717) is 18.7 Å². The van der Waals surface area contributed by atoms with Crippen molar-refractivity contribution in [2.24, 2.45) is 0 Å². The number of aliphatic carboxylic acids is 1. The fourth-order valence-corrected chi connectivity index (χ4v) is 1.47. The van der Waals surface area contributed by atoms with Gasteiger partial charge >= 0.3 is 12.1 Å². The minimum atomic E-state index is -5.08. The van der Waals surface area contributed by atoms with Gasteiger partial charge in [0, 0.05) is 13.1 Å². The Hall–Kier alpha value is -1.38. The average molecular weight is 316 g/mol. The van der Waals surface area contributed by atoms with Crippen LogP contribution < -0.4 is 5.32 Å². The van der Waals surface area contributed by atoms with Crippen LogP contribution in [0.3, 0.4) is 0 Å². The van der Waals surface area contributed by atoms with Crippen molar-refractivity contribution in [1.82, 2.24) is 5.32 Å². The van der Waals surface area contributed by atoms with Gasteiger partial charge in [-0.1, -0.05) is 17.7 Å². The number of rotatable bonds is 1. The third kappa shape index (κ3) is 4.06. The van der Waals surface area contributed by atoms with E-state index in [9.17, 15) is 22.7 Å². The van der Waals surface area contributed by atoms with E-state index in [2.05, 4.69) is 5.32 Å². The molecule has 4 nitrogen and oxygen atoms in total. The second-order valence-corrected chi connectivity index (χ2v) is 4.47. The molecule has 0 unspecified atom stereocenters. The van der Waals surface area contributed by atoms with E-state index in [1.54, 1.807) is 6.07 Å². The first-order valence-corrected chi connectivity index (χ1v) is 5.63. The molecule has 1 saturated heterocycles. The molecule has 1 heterocycles. The normalized spacial score (nSPS) is 16.7. The number of hydrogen-bond acceptors (Lipinski definition) is 3. The molecule has 0 aliphatic carbocycles. The van der Waals surface area contributed by atoms with Gasteiger partial charge in [-0.15, -0.1) is 0 Å². The smallest absolute Gasteiger partial charge is 0.475 e. The lowest BCUT2D eigenvalue weighted by molar-refractivity contribution is -0.192. The van der Waals surface area contributed by atoms with Gasteiger partial charge in [-0.2, -0.15) is 13.2 Å². The van der Waals surface area contributed by atoms with Gasteiger partial charge in [-0.25, -0.2) is 9.18 Å². The van der Waals surface area contributed by atoms with E-state index in [4.69, 9.17) is 21.5 Å². The lowest BCUT2D eigenvalue weighted by Gasteiger charge is -2.38. The van der Waals surface area contributed by atoms with Crippen molar-refractivity contribution in [1.29, 1.82) is 0 Å². The lowest BCUT2D eigenvalue weighted by atomic mass is 9.88. The first kappa shape index (κ1) is 16.7. The van der Waals surface area contributed by atoms with E-state index >= 15 is 0 Å². The molecule has 0 radical (unpaired) electrons. The van der Waals surface area contributed by atoms with Crippen LogP contribution in [0.25, 0.3) is 0 Å². The highest BCUT2D eigenvalue weighted by atomic mass is 35.5. The van der Waals surface area contributed by atoms with Gasteiger partial charge in [-0.05, 0) is 17.7 Å². The van der Waals surface area contributed by atoms with E-state index in [-0.39, 0.29) is 5.02 Å². The highest BCUT2D eigenvalue weighted by Crippen LogP contribution is 2.27. The molecule has 1 aliphatic heterocycles. The van der Waals surface area contributed by atoms with Gasteiger partial charge in [0.15, 0.2) is 0 Å². The first-order valence-electron chi connectivity index (χ1n) is 5.25. The summed E-state index contributed by atoms with van der Waals surface area (Å²) in [6.07, 6.45) is -5.08. The zero-order chi connectivity index (χ0) is 15.6. The number of β-amino-alcohol motifs (C(OH)–C–C–N with tert-alkyl or cyclic N) is 1. The Morgan fingerprint density at radius 3 is 2.15 bits per heavy atom. The van der Waals surface area contributed by atoms with Gasteiger partial charge in [0.2, 0.25) is 0 Å². The Morgan fingerprint density at radius 2 is 1.85 bits per heavy atom. The van der Waals surface area contributed by atoms with E-state index in [1.165, 1.54) is 12.1 Å². The number of aliphatic hydroxyl groups is 1. The number of carbonyl (C=O) groups is 1. The summed E-state index contributed by atoms with van der Waals surface area (Å²) in [5.74, 6) is -3.24. The highest BCUT2D eigenvalue weighted by Gasteiger charge is 2.38. The predicted molar refractivity (Wildman–Crippen MR) is 61.9 cm³/mol. The molecule has 0 amide bonds. The monoisotopic (exact) mass is 315 g/mol. The quantitative estimate of drug-likeness (QED) is 0.692. The SMILES string of the molecule is O=C(O)C(F)(F)F.OC1(c2ccc(Cl)c(F)c2)CNC1. The average Bonchev–Trinajstić information content (AvgIpc) is 2.29. The first-order chi connectivity index (χ1) is 9.06. The lowest BCUT2D eigenvalue weighted by Crippen LogP contribution is -2.56. The molecular formula is C11H10ClF4NO3. The standard InChI is InChI=1S/C9H9ClFNO.C2HF3O2/c10-7-2-1-6(3-8(7)11)9(13)4-12-5-9;3-2(4,5)1(6)7/h1-3,12-13H,4-5H2;(H,6,7). The van der Waals surface area contributed by atoms with Crippen LogP contribution in [0.1, 0.15) is 5.56 Å². The van der Waals surface area contributed by atoms with E-state index < -0.39 is 23.6 Å². The molecule has 0 bridgehead atoms. The molecule has 0 spiro atoms. The minimum absolute atomic E-state index is 0.0830. The number of benzene rings is 1. The summed E-state index contributed by atoms with van der Waals surface area (Å²) in [6.45, 7) is 0.933. The molecule has 1 aromatic rings. The molecule has 9 heteroatoms. The predicted octanol–water partition coefficient (Wildman–Crippen LogP) is 1.90. The van der Waals surface area contributed by atoms with E-state index in [0.717, 1.165) is 0 Å². The molecule has 20 heavy (non-hydrogen) atoms. The maximum atomic E-state index is 13.0. The largest absolute Gasteiger partial charge is 0.490 e. The number of hydrogen-bond donors (Lipinski definition) is 3. The van der Waals surface area contributed by atoms with Gasteiger partial charge in [-0.3, -0.25) is 0 Å². The zero-order valence-corrected chi connectivity index (χ0v) is 10.6. The minimum Gasteiger partial charge on any atom is -0.475 e. The Bertz CT molecular complexity index is 503. The summed E-state index contributed by atoms with van der Waals surface area (Å²) < 4.78 is 44.7. The molecule has 0 aromatic heterocycles. The molecule has 1 aliphatic rings. The van der Waals surface area contributed by atoms with Crippen LogP contribution in [0, 0.1) is 5.82 Å². The maximum absolute atomic E-state index is 13.0. The summed E-state index contributed by atoms with van der Waals surface area (Å²) in [7, 11) is 0. The van der Waals surface area contributed by atoms with Crippen LogP contribution in [-0.4, -0.2) is 35.4 Å². The van der Waals surface area contributed by atoms with Crippen molar-refractivity contribution in [3.63, 3.8) is 0 Å². The van der Waals surface area contributed by atoms with Crippen molar-refractivity contribution < 1.29 is 32.6 Å². The van der Waals surface area contributed by atoms with Crippen molar-refractivity contribution >= 4 is 17.6 Å². The van der Waals surface area contributed by atoms with E-state index in [1.807, 2.05) is 0 Å². The van der Waals surface area contributed by atoms with Gasteiger partial charge in [0.25, 0.3) is 0 Å². The second-order valence-electron chi connectivity index (χ2n) is 4.07. The van der Waals surface area contributed by atoms with Crippen molar-refractivity contribution in [3.8, 4) is 0 Å². The summed E-state index contributed by atoms with van der Waals surface area (Å²) in [5.41, 5.74) is -0.334. The fourth-order valence-electron chi connectivity index (χ4n) is 1.35. The molecular weight excluding hydrogens is 306 g/mol. The van der Waals surface area contributed by atoms with Crippen LogP contribution in [-0.2, 0) is 10.4 Å². The van der Waals surface area contributed by atoms with Crippen molar-refractivity contribution in [3.05, 3.63) is 34.6 Å². The van der Waals surface area contributed by atoms with Crippen molar-refractivity contribution in [2.75, 3.05) is 13.1 Å². The third-order valence-corrected chi connectivity index (χ3v) is 2.84.